The van der Waals surface area contributed by atoms with Gasteiger partial charge in [-0.15, -0.1) is 0 Å². The van der Waals surface area contributed by atoms with Crippen LogP contribution in [0, 0.1) is 11.6 Å². The average Bonchev–Trinajstić information content (AvgIpc) is 2.38. The van der Waals surface area contributed by atoms with Crippen molar-refractivity contribution in [3.8, 4) is 0 Å². The molecule has 0 heterocycles. The molecule has 0 radical (unpaired) electrons. The van der Waals surface area contributed by atoms with E-state index in [-0.39, 0.29) is 10.6 Å². The minimum Gasteiger partial charge on any atom is -0.324 e. The molecule has 0 bridgehead atoms. The van der Waals surface area contributed by atoms with E-state index < -0.39 is 17.7 Å². The molecule has 0 aromatic heterocycles. The lowest BCUT2D eigenvalue weighted by Crippen LogP contribution is -2.15. The Morgan fingerprint density at radius 2 is 1.60 bits per heavy atom. The fourth-order valence-electron chi connectivity index (χ4n) is 1.85. The maximum absolute atomic E-state index is 13.7. The number of hydrogen-bond acceptors (Lipinski definition) is 1. The molecule has 1 unspecified atom stereocenters. The zero-order valence-corrected chi connectivity index (χ0v) is 12.4. The molecule has 6 heteroatoms. The summed E-state index contributed by atoms with van der Waals surface area (Å²) in [5, 5.41) is 0.541. The zero-order valence-electron chi connectivity index (χ0n) is 10.1. The summed E-state index contributed by atoms with van der Waals surface area (Å²) in [5.41, 5.74) is 6.76. The molecule has 0 saturated heterocycles. The van der Waals surface area contributed by atoms with Crippen LogP contribution in [0.25, 0.3) is 0 Å². The van der Waals surface area contributed by atoms with Crippen LogP contribution in [0.2, 0.25) is 15.1 Å². The van der Waals surface area contributed by atoms with Crippen LogP contribution >= 0.6 is 34.8 Å². The summed E-state index contributed by atoms with van der Waals surface area (Å²) >= 11 is 17.2. The van der Waals surface area contributed by atoms with Gasteiger partial charge in [0, 0.05) is 11.6 Å². The number of rotatable bonds is 3. The Hall–Kier alpha value is -0.870. The van der Waals surface area contributed by atoms with Crippen LogP contribution in [0.3, 0.4) is 0 Å². The van der Waals surface area contributed by atoms with E-state index in [1.807, 2.05) is 0 Å². The molecule has 0 spiro atoms. The standard InChI is InChI=1S/C14H10Cl3F2N/c15-9-2-1-7(3-10(9)16)4-14(20)8-5-13(19)11(17)6-12(8)18/h1-3,5-6,14H,4,20H2. The zero-order chi connectivity index (χ0) is 14.9. The quantitative estimate of drug-likeness (QED) is 0.769. The highest BCUT2D eigenvalue weighted by Gasteiger charge is 2.16. The van der Waals surface area contributed by atoms with Gasteiger partial charge in [-0.1, -0.05) is 40.9 Å². The first kappa shape index (κ1) is 15.5. The smallest absolute Gasteiger partial charge is 0.142 e. The van der Waals surface area contributed by atoms with Crippen molar-refractivity contribution in [2.75, 3.05) is 0 Å². The summed E-state index contributed by atoms with van der Waals surface area (Å²) in [4.78, 5) is 0. The predicted octanol–water partition coefficient (Wildman–Crippen LogP) is 5.17. The first-order valence-corrected chi connectivity index (χ1v) is 6.86. The number of benzene rings is 2. The summed E-state index contributed by atoms with van der Waals surface area (Å²) in [7, 11) is 0. The lowest BCUT2D eigenvalue weighted by Gasteiger charge is -2.14. The summed E-state index contributed by atoms with van der Waals surface area (Å²) < 4.78 is 27.1. The molecular weight excluding hydrogens is 327 g/mol. The van der Waals surface area contributed by atoms with E-state index in [2.05, 4.69) is 0 Å². The van der Waals surface area contributed by atoms with E-state index in [4.69, 9.17) is 40.5 Å². The van der Waals surface area contributed by atoms with Gasteiger partial charge in [0.15, 0.2) is 0 Å². The molecule has 0 saturated carbocycles. The molecule has 0 fully saturated rings. The van der Waals surface area contributed by atoms with Crippen LogP contribution in [0.5, 0.6) is 0 Å². The van der Waals surface area contributed by atoms with Gasteiger partial charge in [-0.2, -0.15) is 0 Å². The van der Waals surface area contributed by atoms with Crippen molar-refractivity contribution in [3.05, 3.63) is 68.2 Å². The summed E-state index contributed by atoms with van der Waals surface area (Å²) in [6.07, 6.45) is 0.300. The molecule has 20 heavy (non-hydrogen) atoms. The molecule has 106 valence electrons. The number of nitrogens with two attached hydrogens (primary N) is 1. The third-order valence-corrected chi connectivity index (χ3v) is 3.91. The lowest BCUT2D eigenvalue weighted by molar-refractivity contribution is 0.561. The maximum Gasteiger partial charge on any atom is 0.142 e. The highest BCUT2D eigenvalue weighted by Crippen LogP contribution is 2.27. The summed E-state index contributed by atoms with van der Waals surface area (Å²) in [5.74, 6) is -1.34. The van der Waals surface area contributed by atoms with E-state index in [9.17, 15) is 8.78 Å². The van der Waals surface area contributed by atoms with Crippen molar-refractivity contribution in [2.45, 2.75) is 12.5 Å². The van der Waals surface area contributed by atoms with E-state index in [0.717, 1.165) is 17.7 Å². The molecule has 2 rings (SSSR count). The van der Waals surface area contributed by atoms with Crippen molar-refractivity contribution >= 4 is 34.8 Å². The van der Waals surface area contributed by atoms with Gasteiger partial charge >= 0.3 is 0 Å². The lowest BCUT2D eigenvalue weighted by atomic mass is 9.99. The maximum atomic E-state index is 13.7. The van der Waals surface area contributed by atoms with E-state index >= 15 is 0 Å². The fraction of sp³-hybridized carbons (Fsp3) is 0.143. The number of halogens is 5. The monoisotopic (exact) mass is 335 g/mol. The predicted molar refractivity (Wildman–Crippen MR) is 78.5 cm³/mol. The SMILES string of the molecule is NC(Cc1ccc(Cl)c(Cl)c1)c1cc(F)c(Cl)cc1F. The Labute approximate surface area is 130 Å². The second-order valence-electron chi connectivity index (χ2n) is 4.35. The van der Waals surface area contributed by atoms with E-state index in [1.165, 1.54) is 0 Å². The minimum absolute atomic E-state index is 0.0676. The molecule has 1 atom stereocenters. The molecule has 2 aromatic rings. The fourth-order valence-corrected chi connectivity index (χ4v) is 2.32. The molecule has 0 aliphatic heterocycles. The second kappa shape index (κ2) is 6.27. The van der Waals surface area contributed by atoms with Gasteiger partial charge in [0.25, 0.3) is 0 Å². The highest BCUT2D eigenvalue weighted by molar-refractivity contribution is 6.42. The van der Waals surface area contributed by atoms with Gasteiger partial charge in [-0.25, -0.2) is 8.78 Å². The Morgan fingerprint density at radius 1 is 0.900 bits per heavy atom. The van der Waals surface area contributed by atoms with Crippen LogP contribution < -0.4 is 5.73 Å². The Bertz CT molecular complexity index is 647. The minimum atomic E-state index is -0.709. The van der Waals surface area contributed by atoms with Crippen molar-refractivity contribution in [2.24, 2.45) is 5.73 Å². The van der Waals surface area contributed by atoms with Gasteiger partial charge in [0.1, 0.15) is 11.6 Å². The second-order valence-corrected chi connectivity index (χ2v) is 5.57. The van der Waals surface area contributed by atoms with Crippen LogP contribution in [0.1, 0.15) is 17.2 Å². The molecule has 0 amide bonds. The highest BCUT2D eigenvalue weighted by atomic mass is 35.5. The van der Waals surface area contributed by atoms with E-state index in [1.54, 1.807) is 18.2 Å². The van der Waals surface area contributed by atoms with Gasteiger partial charge in [-0.05, 0) is 36.2 Å². The Kier molecular flexibility index (Phi) is 4.86. The van der Waals surface area contributed by atoms with Crippen molar-refractivity contribution < 1.29 is 8.78 Å². The number of hydrogen-bond donors (Lipinski definition) is 1. The molecule has 2 aromatic carbocycles. The van der Waals surface area contributed by atoms with Gasteiger partial charge in [-0.3, -0.25) is 0 Å². The van der Waals surface area contributed by atoms with Crippen LogP contribution in [0.4, 0.5) is 8.78 Å². The van der Waals surface area contributed by atoms with Gasteiger partial charge in [0.2, 0.25) is 0 Å². The third-order valence-electron chi connectivity index (χ3n) is 2.88. The normalized spacial score (nSPS) is 12.5. The summed E-state index contributed by atoms with van der Waals surface area (Å²) in [6, 6.07) is 6.23. The third kappa shape index (κ3) is 3.41. The molecular formula is C14H10Cl3F2N. The van der Waals surface area contributed by atoms with Crippen LogP contribution in [0.15, 0.2) is 30.3 Å². The summed E-state index contributed by atoms with van der Waals surface area (Å²) in [6.45, 7) is 0. The van der Waals surface area contributed by atoms with Crippen LogP contribution in [-0.4, -0.2) is 0 Å². The van der Waals surface area contributed by atoms with Crippen LogP contribution in [-0.2, 0) is 6.42 Å². The Balaban J connectivity index is 2.25. The van der Waals surface area contributed by atoms with E-state index in [0.29, 0.717) is 16.5 Å². The Morgan fingerprint density at radius 3 is 2.25 bits per heavy atom. The average molecular weight is 337 g/mol. The molecule has 0 aliphatic rings. The topological polar surface area (TPSA) is 26.0 Å². The molecule has 1 nitrogen and oxygen atoms in total. The van der Waals surface area contributed by atoms with Gasteiger partial charge in [0.05, 0.1) is 15.1 Å². The van der Waals surface area contributed by atoms with Gasteiger partial charge < -0.3 is 5.73 Å². The molecule has 2 N–H and O–H groups in total. The first-order chi connectivity index (χ1) is 9.38. The van der Waals surface area contributed by atoms with Crippen molar-refractivity contribution in [1.82, 2.24) is 0 Å². The van der Waals surface area contributed by atoms with Crippen molar-refractivity contribution in [3.63, 3.8) is 0 Å². The first-order valence-electron chi connectivity index (χ1n) is 5.72. The largest absolute Gasteiger partial charge is 0.324 e. The molecule has 0 aliphatic carbocycles. The van der Waals surface area contributed by atoms with Crippen molar-refractivity contribution in [1.29, 1.82) is 0 Å².